The van der Waals surface area contributed by atoms with E-state index in [0.29, 0.717) is 5.75 Å². The third-order valence-electron chi connectivity index (χ3n) is 5.53. The Morgan fingerprint density at radius 1 is 0.931 bits per heavy atom. The molecule has 1 saturated heterocycles. The molecule has 0 aromatic heterocycles. The van der Waals surface area contributed by atoms with Crippen LogP contribution >= 0.6 is 0 Å². The van der Waals surface area contributed by atoms with Gasteiger partial charge in [0.25, 0.3) is 0 Å². The minimum absolute atomic E-state index is 0.656. The second-order valence-electron chi connectivity index (χ2n) is 7.40. The van der Waals surface area contributed by atoms with Crippen molar-refractivity contribution in [1.29, 1.82) is 0 Å². The van der Waals surface area contributed by atoms with Gasteiger partial charge in [0.05, 0.1) is 41.0 Å². The molecule has 1 heterocycles. The van der Waals surface area contributed by atoms with Gasteiger partial charge in [0.15, 0.2) is 11.5 Å². The average Bonchev–Trinajstić information content (AvgIpc) is 2.78. The Bertz CT molecular complexity index is 759. The fourth-order valence-electron chi connectivity index (χ4n) is 3.80. The average molecular weight is 398 g/mol. The summed E-state index contributed by atoms with van der Waals surface area (Å²) in [5.74, 6) is 2.11. The highest BCUT2D eigenvalue weighted by Crippen LogP contribution is 2.38. The third-order valence-corrected chi connectivity index (χ3v) is 5.53. The fraction of sp³-hybridized carbons (Fsp3) is 0.417. The quantitative estimate of drug-likeness (QED) is 0.704. The molecule has 0 bridgehead atoms. The summed E-state index contributed by atoms with van der Waals surface area (Å²) in [6.07, 6.45) is 5.49. The van der Waals surface area contributed by atoms with E-state index in [2.05, 4.69) is 59.5 Å². The fourth-order valence-corrected chi connectivity index (χ4v) is 3.80. The molecular formula is C24H33N2O3+. The molecule has 2 aromatic carbocycles. The second-order valence-corrected chi connectivity index (χ2v) is 7.40. The lowest BCUT2D eigenvalue weighted by atomic mass is 10.1. The van der Waals surface area contributed by atoms with Gasteiger partial charge in [0.1, 0.15) is 0 Å². The molecular weight excluding hydrogens is 364 g/mol. The van der Waals surface area contributed by atoms with E-state index in [-0.39, 0.29) is 0 Å². The van der Waals surface area contributed by atoms with Gasteiger partial charge < -0.3 is 19.1 Å². The Balaban J connectivity index is 1.46. The molecule has 0 aliphatic carbocycles. The van der Waals surface area contributed by atoms with Crippen molar-refractivity contribution < 1.29 is 19.1 Å². The number of hydrogen-bond donors (Lipinski definition) is 1. The van der Waals surface area contributed by atoms with Crippen molar-refractivity contribution in [3.05, 3.63) is 59.7 Å². The molecule has 1 aliphatic heterocycles. The predicted molar refractivity (Wildman–Crippen MR) is 117 cm³/mol. The molecule has 0 amide bonds. The van der Waals surface area contributed by atoms with Gasteiger partial charge >= 0.3 is 0 Å². The van der Waals surface area contributed by atoms with E-state index in [1.165, 1.54) is 24.2 Å². The number of ether oxygens (including phenoxy) is 3. The van der Waals surface area contributed by atoms with Crippen molar-refractivity contribution in [2.24, 2.45) is 0 Å². The summed E-state index contributed by atoms with van der Waals surface area (Å²) in [4.78, 5) is 4.18. The summed E-state index contributed by atoms with van der Waals surface area (Å²) >= 11 is 0. The lowest BCUT2D eigenvalue weighted by Crippen LogP contribution is -3.15. The highest BCUT2D eigenvalue weighted by atomic mass is 16.5. The molecule has 1 N–H and O–H groups in total. The smallest absolute Gasteiger partial charge is 0.203 e. The highest BCUT2D eigenvalue weighted by molar-refractivity contribution is 5.53. The van der Waals surface area contributed by atoms with Crippen LogP contribution in [-0.4, -0.2) is 65.5 Å². The number of nitrogens with one attached hydrogen (secondary N) is 1. The van der Waals surface area contributed by atoms with E-state index in [1.807, 2.05) is 0 Å². The van der Waals surface area contributed by atoms with Gasteiger partial charge in [-0.25, -0.2) is 0 Å². The summed E-state index contributed by atoms with van der Waals surface area (Å²) in [6, 6.07) is 14.6. The highest BCUT2D eigenvalue weighted by Gasteiger charge is 2.19. The van der Waals surface area contributed by atoms with E-state index in [4.69, 9.17) is 14.2 Å². The van der Waals surface area contributed by atoms with Crippen LogP contribution in [-0.2, 0) is 6.42 Å². The van der Waals surface area contributed by atoms with Gasteiger partial charge in [0, 0.05) is 26.1 Å². The summed E-state index contributed by atoms with van der Waals surface area (Å²) < 4.78 is 16.4. The summed E-state index contributed by atoms with van der Waals surface area (Å²) in [6.45, 7) is 6.79. The molecule has 5 heteroatoms. The Labute approximate surface area is 174 Å². The van der Waals surface area contributed by atoms with E-state index in [1.54, 1.807) is 26.2 Å². The number of quaternary nitrogens is 1. The molecule has 5 nitrogen and oxygen atoms in total. The first-order valence-corrected chi connectivity index (χ1v) is 10.3. The van der Waals surface area contributed by atoms with Crippen molar-refractivity contribution in [2.75, 3.05) is 60.6 Å². The van der Waals surface area contributed by atoms with Crippen LogP contribution in [0.15, 0.2) is 48.5 Å². The maximum Gasteiger partial charge on any atom is 0.203 e. The van der Waals surface area contributed by atoms with Crippen LogP contribution < -0.4 is 19.1 Å². The van der Waals surface area contributed by atoms with Gasteiger partial charge in [0.2, 0.25) is 5.75 Å². The van der Waals surface area contributed by atoms with Gasteiger partial charge in [-0.3, -0.25) is 4.90 Å². The van der Waals surface area contributed by atoms with Crippen molar-refractivity contribution in [1.82, 2.24) is 4.90 Å². The van der Waals surface area contributed by atoms with E-state index in [0.717, 1.165) is 44.1 Å². The molecule has 3 rings (SSSR count). The maximum atomic E-state index is 5.47. The first kappa shape index (κ1) is 21.2. The van der Waals surface area contributed by atoms with Crippen LogP contribution in [0.4, 0.5) is 0 Å². The molecule has 0 saturated carbocycles. The Kier molecular flexibility index (Phi) is 7.96. The zero-order valence-electron chi connectivity index (χ0n) is 17.8. The molecule has 0 spiro atoms. The zero-order chi connectivity index (χ0) is 20.5. The van der Waals surface area contributed by atoms with Gasteiger partial charge in [-0.15, -0.1) is 0 Å². The van der Waals surface area contributed by atoms with Crippen LogP contribution in [0.5, 0.6) is 17.2 Å². The largest absolute Gasteiger partial charge is 0.493 e. The number of nitrogens with zero attached hydrogens (tertiary/aromatic N) is 1. The number of rotatable bonds is 9. The summed E-state index contributed by atoms with van der Waals surface area (Å²) in [5.41, 5.74) is 2.49. The van der Waals surface area contributed by atoms with Crippen molar-refractivity contribution in [3.63, 3.8) is 0 Å². The normalized spacial score (nSPS) is 15.6. The van der Waals surface area contributed by atoms with Gasteiger partial charge in [-0.05, 0) is 23.3 Å². The lowest BCUT2D eigenvalue weighted by molar-refractivity contribution is -0.904. The van der Waals surface area contributed by atoms with Crippen LogP contribution in [0, 0.1) is 0 Å². The molecule has 0 unspecified atom stereocenters. The molecule has 1 aliphatic rings. The Morgan fingerprint density at radius 2 is 1.59 bits per heavy atom. The van der Waals surface area contributed by atoms with Crippen LogP contribution in [0.3, 0.4) is 0 Å². The topological polar surface area (TPSA) is 35.4 Å². The monoisotopic (exact) mass is 397 g/mol. The predicted octanol–water partition coefficient (Wildman–Crippen LogP) is 2.17. The van der Waals surface area contributed by atoms with Crippen molar-refractivity contribution in [3.8, 4) is 17.2 Å². The van der Waals surface area contributed by atoms with Crippen LogP contribution in [0.25, 0.3) is 6.08 Å². The summed E-state index contributed by atoms with van der Waals surface area (Å²) in [5, 5.41) is 0. The number of hydrogen-bond acceptors (Lipinski definition) is 4. The molecule has 0 atom stereocenters. The van der Waals surface area contributed by atoms with Gasteiger partial charge in [-0.1, -0.05) is 42.5 Å². The SMILES string of the molecule is COc1cc(CC[NH+]2CCN(CC=Cc3ccccc3)CC2)cc(OC)c1OC. The first-order valence-electron chi connectivity index (χ1n) is 10.3. The molecule has 156 valence electrons. The maximum absolute atomic E-state index is 5.47. The van der Waals surface area contributed by atoms with E-state index in [9.17, 15) is 0 Å². The zero-order valence-corrected chi connectivity index (χ0v) is 17.8. The van der Waals surface area contributed by atoms with E-state index >= 15 is 0 Å². The molecule has 2 aromatic rings. The molecule has 1 fully saturated rings. The van der Waals surface area contributed by atoms with Crippen molar-refractivity contribution in [2.45, 2.75) is 6.42 Å². The lowest BCUT2D eigenvalue weighted by Gasteiger charge is -2.31. The minimum atomic E-state index is 0.656. The van der Waals surface area contributed by atoms with Gasteiger partial charge in [-0.2, -0.15) is 0 Å². The summed E-state index contributed by atoms with van der Waals surface area (Å²) in [7, 11) is 4.97. The Morgan fingerprint density at radius 3 is 2.17 bits per heavy atom. The van der Waals surface area contributed by atoms with Crippen LogP contribution in [0.2, 0.25) is 0 Å². The first-order chi connectivity index (χ1) is 14.2. The molecule has 0 radical (unpaired) electrons. The Hall–Kier alpha value is -2.50. The van der Waals surface area contributed by atoms with Crippen molar-refractivity contribution >= 4 is 6.08 Å². The number of piperazine rings is 1. The molecule has 29 heavy (non-hydrogen) atoms. The standard InChI is InChI=1S/C24H32N2O3/c1-27-22-18-21(19-23(28-2)24(22)29-3)11-13-26-16-14-25(15-17-26)12-7-10-20-8-5-4-6-9-20/h4-10,18-19H,11-17H2,1-3H3/p+1. The number of benzene rings is 2. The number of methoxy groups -OCH3 is 3. The van der Waals surface area contributed by atoms with E-state index < -0.39 is 0 Å². The second kappa shape index (κ2) is 10.9. The third kappa shape index (κ3) is 5.99. The minimum Gasteiger partial charge on any atom is -0.493 e. The van der Waals surface area contributed by atoms with Crippen LogP contribution in [0.1, 0.15) is 11.1 Å².